The summed E-state index contributed by atoms with van der Waals surface area (Å²) in [4.78, 5) is 37.2. The van der Waals surface area contributed by atoms with Crippen molar-refractivity contribution in [2.24, 2.45) is 0 Å². The van der Waals surface area contributed by atoms with Gasteiger partial charge in [0, 0.05) is 18.2 Å². The van der Waals surface area contributed by atoms with Crippen molar-refractivity contribution in [2.45, 2.75) is 56.9 Å². The van der Waals surface area contributed by atoms with Crippen LogP contribution < -0.4 is 5.32 Å². The minimum Gasteiger partial charge on any atom is -0.477 e. The van der Waals surface area contributed by atoms with Crippen LogP contribution in [0.2, 0.25) is 0 Å². The van der Waals surface area contributed by atoms with Crippen LogP contribution in [0.4, 0.5) is 0 Å². The number of rotatable bonds is 9. The highest BCUT2D eigenvalue weighted by Gasteiger charge is 2.53. The molecule has 0 aromatic carbocycles. The Morgan fingerprint density at radius 1 is 1.38 bits per heavy atom. The molecule has 2 amide bonds. The summed E-state index contributed by atoms with van der Waals surface area (Å²) in [6.07, 6.45) is 8.17. The zero-order valence-corrected chi connectivity index (χ0v) is 15.6. The summed E-state index contributed by atoms with van der Waals surface area (Å²) >= 11 is 1.39. The van der Waals surface area contributed by atoms with E-state index in [9.17, 15) is 19.5 Å². The first-order chi connectivity index (χ1) is 12.5. The maximum atomic E-state index is 12.4. The first-order valence-corrected chi connectivity index (χ1v) is 9.82. The summed E-state index contributed by atoms with van der Waals surface area (Å²) in [6.45, 7) is 2.13. The van der Waals surface area contributed by atoms with Gasteiger partial charge in [0.25, 0.3) is 5.91 Å². The number of nitriles is 1. The van der Waals surface area contributed by atoms with Crippen LogP contribution in [-0.4, -0.2) is 45.0 Å². The molecule has 1 saturated heterocycles. The number of aliphatic carboxylic acids is 1. The van der Waals surface area contributed by atoms with E-state index in [2.05, 4.69) is 12.2 Å². The van der Waals surface area contributed by atoms with Crippen LogP contribution >= 0.6 is 11.8 Å². The van der Waals surface area contributed by atoms with Crippen molar-refractivity contribution in [3.05, 3.63) is 23.4 Å². The SMILES string of the molecule is CCCCCCCC(=O)NC1C(=O)N2C(C(=O)O)=C(C=CC#N)CS[C@@H]12. The van der Waals surface area contributed by atoms with Crippen molar-refractivity contribution in [1.82, 2.24) is 10.2 Å². The predicted molar refractivity (Wildman–Crippen MR) is 97.8 cm³/mol. The molecular weight excluding hydrogens is 354 g/mol. The van der Waals surface area contributed by atoms with Gasteiger partial charge >= 0.3 is 5.97 Å². The summed E-state index contributed by atoms with van der Waals surface area (Å²) in [6, 6.07) is 1.14. The van der Waals surface area contributed by atoms with Gasteiger partial charge in [0.05, 0.1) is 6.07 Å². The van der Waals surface area contributed by atoms with Crippen LogP contribution in [0.1, 0.15) is 45.4 Å². The van der Waals surface area contributed by atoms with Gasteiger partial charge in [-0.25, -0.2) is 4.79 Å². The van der Waals surface area contributed by atoms with Crippen molar-refractivity contribution in [2.75, 3.05) is 5.75 Å². The lowest BCUT2D eigenvalue weighted by Gasteiger charge is -2.49. The number of β-lactam (4-membered cyclic amide) rings is 1. The highest BCUT2D eigenvalue weighted by atomic mass is 32.2. The molecule has 8 heteroatoms. The first-order valence-electron chi connectivity index (χ1n) is 8.77. The monoisotopic (exact) mass is 377 g/mol. The molecule has 1 fully saturated rings. The van der Waals surface area contributed by atoms with Crippen LogP contribution in [0.3, 0.4) is 0 Å². The van der Waals surface area contributed by atoms with Gasteiger partial charge in [-0.2, -0.15) is 5.26 Å². The summed E-state index contributed by atoms with van der Waals surface area (Å²) in [5.41, 5.74) is 0.324. The average molecular weight is 377 g/mol. The van der Waals surface area contributed by atoms with E-state index in [0.29, 0.717) is 17.7 Å². The second-order valence-corrected chi connectivity index (χ2v) is 7.37. The van der Waals surface area contributed by atoms with Crippen LogP contribution in [-0.2, 0) is 14.4 Å². The van der Waals surface area contributed by atoms with Gasteiger partial charge in [0.2, 0.25) is 5.91 Å². The molecule has 7 nitrogen and oxygen atoms in total. The highest BCUT2D eigenvalue weighted by Crippen LogP contribution is 2.40. The second-order valence-electron chi connectivity index (χ2n) is 6.26. The van der Waals surface area contributed by atoms with Gasteiger partial charge in [0.15, 0.2) is 0 Å². The standard InChI is InChI=1S/C18H23N3O4S/c1-2-3-4-5-6-9-13(22)20-14-16(23)21-15(18(24)25)12(8-7-10-19)11-26-17(14)21/h7-8,14,17H,2-6,9,11H2,1H3,(H,20,22)(H,24,25)/t14?,17-/m0/s1. The number of carboxylic acid groups (broad SMARTS) is 1. The second kappa shape index (κ2) is 9.43. The molecule has 2 N–H and O–H groups in total. The average Bonchev–Trinajstić information content (AvgIpc) is 2.63. The van der Waals surface area contributed by atoms with Gasteiger partial charge in [-0.15, -0.1) is 11.8 Å². The highest BCUT2D eigenvalue weighted by molar-refractivity contribution is 8.00. The number of fused-ring (bicyclic) bond motifs is 1. The number of amides is 2. The van der Waals surface area contributed by atoms with Crippen LogP contribution in [0.15, 0.2) is 23.4 Å². The molecular formula is C18H23N3O4S. The minimum absolute atomic E-state index is 0.102. The van der Waals surface area contributed by atoms with Crippen molar-refractivity contribution in [3.63, 3.8) is 0 Å². The summed E-state index contributed by atoms with van der Waals surface area (Å²) in [5.74, 6) is -1.42. The molecule has 0 bridgehead atoms. The fourth-order valence-corrected chi connectivity index (χ4v) is 4.36. The van der Waals surface area contributed by atoms with E-state index in [-0.39, 0.29) is 11.6 Å². The molecule has 2 aliphatic rings. The minimum atomic E-state index is -1.21. The van der Waals surface area contributed by atoms with Gasteiger partial charge in [-0.05, 0) is 18.1 Å². The largest absolute Gasteiger partial charge is 0.477 e. The summed E-state index contributed by atoms with van der Waals surface area (Å²) in [7, 11) is 0. The molecule has 0 aromatic heterocycles. The summed E-state index contributed by atoms with van der Waals surface area (Å²) in [5, 5.41) is 20.4. The molecule has 0 saturated carbocycles. The topological polar surface area (TPSA) is 110 Å². The summed E-state index contributed by atoms with van der Waals surface area (Å²) < 4.78 is 0. The van der Waals surface area contributed by atoms with E-state index >= 15 is 0 Å². The lowest BCUT2D eigenvalue weighted by atomic mass is 10.0. The van der Waals surface area contributed by atoms with Gasteiger partial charge < -0.3 is 10.4 Å². The van der Waals surface area contributed by atoms with Crippen molar-refractivity contribution < 1.29 is 19.5 Å². The van der Waals surface area contributed by atoms with E-state index < -0.39 is 23.3 Å². The third-order valence-corrected chi connectivity index (χ3v) is 5.69. The molecule has 2 rings (SSSR count). The molecule has 140 valence electrons. The number of carboxylic acids is 1. The van der Waals surface area contributed by atoms with Crippen molar-refractivity contribution in [1.29, 1.82) is 5.26 Å². The zero-order valence-electron chi connectivity index (χ0n) is 14.7. The number of carbonyl (C=O) groups is 3. The van der Waals surface area contributed by atoms with Crippen molar-refractivity contribution >= 4 is 29.5 Å². The fraction of sp³-hybridized carbons (Fsp3) is 0.556. The first kappa shape index (κ1) is 20.0. The molecule has 2 atom stereocenters. The third kappa shape index (κ3) is 4.47. The molecule has 2 aliphatic heterocycles. The Bertz CT molecular complexity index is 680. The molecule has 0 aliphatic carbocycles. The number of nitrogens with one attached hydrogen (secondary N) is 1. The van der Waals surface area contributed by atoms with E-state index in [1.54, 1.807) is 0 Å². The molecule has 0 aromatic rings. The number of unbranched alkanes of at least 4 members (excludes halogenated alkanes) is 4. The number of hydrogen-bond acceptors (Lipinski definition) is 5. The van der Waals surface area contributed by atoms with Gasteiger partial charge in [-0.3, -0.25) is 14.5 Å². The zero-order chi connectivity index (χ0) is 19.1. The lowest BCUT2D eigenvalue weighted by molar-refractivity contribution is -0.150. The number of carbonyl (C=O) groups excluding carboxylic acids is 2. The van der Waals surface area contributed by atoms with Crippen molar-refractivity contribution in [3.8, 4) is 6.07 Å². The third-order valence-electron chi connectivity index (χ3n) is 4.38. The number of nitrogens with zero attached hydrogens (tertiary/aromatic N) is 2. The Labute approximate surface area is 157 Å². The van der Waals surface area contributed by atoms with Crippen LogP contribution in [0.5, 0.6) is 0 Å². The fourth-order valence-electron chi connectivity index (χ4n) is 3.04. The van der Waals surface area contributed by atoms with E-state index in [4.69, 9.17) is 5.26 Å². The maximum Gasteiger partial charge on any atom is 0.352 e. The predicted octanol–water partition coefficient (Wildman–Crippen LogP) is 2.17. The number of thioether (sulfide) groups is 1. The maximum absolute atomic E-state index is 12.4. The quantitative estimate of drug-likeness (QED) is 0.362. The Hall–Kier alpha value is -2.27. The van der Waals surface area contributed by atoms with Gasteiger partial charge in [0.1, 0.15) is 17.1 Å². The van der Waals surface area contributed by atoms with Crippen LogP contribution in [0, 0.1) is 11.3 Å². The van der Waals surface area contributed by atoms with Crippen LogP contribution in [0.25, 0.3) is 0 Å². The Balaban J connectivity index is 1.95. The lowest BCUT2D eigenvalue weighted by Crippen LogP contribution is -2.70. The van der Waals surface area contributed by atoms with E-state index in [1.165, 1.54) is 28.8 Å². The normalized spacial score (nSPS) is 22.0. The number of allylic oxidation sites excluding steroid dienone is 2. The van der Waals surface area contributed by atoms with Gasteiger partial charge in [-0.1, -0.05) is 32.6 Å². The smallest absolute Gasteiger partial charge is 0.352 e. The number of hydrogen-bond donors (Lipinski definition) is 2. The molecule has 0 spiro atoms. The van der Waals surface area contributed by atoms with E-state index in [0.717, 1.165) is 32.1 Å². The Morgan fingerprint density at radius 2 is 2.12 bits per heavy atom. The molecule has 2 heterocycles. The Kier molecular flexibility index (Phi) is 7.27. The molecule has 26 heavy (non-hydrogen) atoms. The Morgan fingerprint density at radius 3 is 2.77 bits per heavy atom. The molecule has 0 radical (unpaired) electrons. The van der Waals surface area contributed by atoms with E-state index in [1.807, 2.05) is 6.07 Å². The molecule has 1 unspecified atom stereocenters.